The zero-order valence-corrected chi connectivity index (χ0v) is 15.3. The van der Waals surface area contributed by atoms with Crippen LogP contribution in [0.25, 0.3) is 0 Å². The molecular formula is C22H24FNO3. The van der Waals surface area contributed by atoms with Crippen molar-refractivity contribution in [1.82, 2.24) is 4.90 Å². The summed E-state index contributed by atoms with van der Waals surface area (Å²) in [4.78, 5) is 26.9. The van der Waals surface area contributed by atoms with Gasteiger partial charge in [-0.15, -0.1) is 0 Å². The summed E-state index contributed by atoms with van der Waals surface area (Å²) in [5.41, 5.74) is 1.30. The van der Waals surface area contributed by atoms with Gasteiger partial charge in [0.25, 0.3) is 0 Å². The van der Waals surface area contributed by atoms with Gasteiger partial charge in [-0.25, -0.2) is 9.18 Å². The fourth-order valence-electron chi connectivity index (χ4n) is 3.42. The average Bonchev–Trinajstić information content (AvgIpc) is 2.72. The Morgan fingerprint density at radius 1 is 0.963 bits per heavy atom. The van der Waals surface area contributed by atoms with E-state index in [1.807, 2.05) is 30.3 Å². The molecule has 0 aliphatic heterocycles. The number of ketones is 1. The smallest absolute Gasteiger partial charge is 0.410 e. The fraction of sp³-hybridized carbons (Fsp3) is 0.364. The van der Waals surface area contributed by atoms with Crippen molar-refractivity contribution in [3.8, 4) is 0 Å². The highest BCUT2D eigenvalue weighted by molar-refractivity contribution is 5.98. The molecule has 1 fully saturated rings. The number of hydrogen-bond donors (Lipinski definition) is 0. The molecule has 0 spiro atoms. The van der Waals surface area contributed by atoms with Crippen molar-refractivity contribution in [2.75, 3.05) is 6.54 Å². The van der Waals surface area contributed by atoms with Gasteiger partial charge in [-0.1, -0.05) is 49.6 Å². The van der Waals surface area contributed by atoms with E-state index in [0.29, 0.717) is 5.56 Å². The Balaban J connectivity index is 1.68. The van der Waals surface area contributed by atoms with E-state index in [1.165, 1.54) is 24.3 Å². The molecule has 5 heteroatoms. The van der Waals surface area contributed by atoms with Crippen LogP contribution in [-0.4, -0.2) is 29.4 Å². The van der Waals surface area contributed by atoms with Crippen molar-refractivity contribution in [2.24, 2.45) is 0 Å². The lowest BCUT2D eigenvalue weighted by atomic mass is 9.94. The Morgan fingerprint density at radius 2 is 1.63 bits per heavy atom. The molecule has 1 aliphatic rings. The number of hydrogen-bond acceptors (Lipinski definition) is 3. The van der Waals surface area contributed by atoms with Gasteiger partial charge in [-0.05, 0) is 42.7 Å². The lowest BCUT2D eigenvalue weighted by Gasteiger charge is -2.33. The van der Waals surface area contributed by atoms with Crippen LogP contribution in [-0.2, 0) is 11.3 Å². The van der Waals surface area contributed by atoms with Crippen LogP contribution in [0.4, 0.5) is 9.18 Å². The molecule has 2 aromatic carbocycles. The number of rotatable bonds is 6. The zero-order valence-electron chi connectivity index (χ0n) is 15.3. The molecule has 0 radical (unpaired) electrons. The lowest BCUT2D eigenvalue weighted by Crippen LogP contribution is -2.44. The minimum Gasteiger partial charge on any atom is -0.445 e. The normalized spacial score (nSPS) is 14.6. The Labute approximate surface area is 158 Å². The molecule has 1 amide bonds. The predicted octanol–water partition coefficient (Wildman–Crippen LogP) is 4.98. The van der Waals surface area contributed by atoms with Crippen molar-refractivity contribution in [2.45, 2.75) is 44.8 Å². The van der Waals surface area contributed by atoms with E-state index in [4.69, 9.17) is 4.74 Å². The number of amides is 1. The van der Waals surface area contributed by atoms with Gasteiger partial charge >= 0.3 is 6.09 Å². The van der Waals surface area contributed by atoms with Crippen molar-refractivity contribution < 1.29 is 18.7 Å². The maximum Gasteiger partial charge on any atom is 0.410 e. The number of carbonyl (C=O) groups is 2. The monoisotopic (exact) mass is 369 g/mol. The first-order chi connectivity index (χ1) is 13.1. The predicted molar refractivity (Wildman–Crippen MR) is 101 cm³/mol. The minimum atomic E-state index is -0.471. The van der Waals surface area contributed by atoms with Crippen molar-refractivity contribution in [3.63, 3.8) is 0 Å². The van der Waals surface area contributed by atoms with E-state index in [0.717, 1.165) is 37.7 Å². The van der Waals surface area contributed by atoms with Crippen LogP contribution in [0.2, 0.25) is 0 Å². The summed E-state index contributed by atoms with van der Waals surface area (Å²) in [6.45, 7) is 0.123. The van der Waals surface area contributed by atoms with Gasteiger partial charge in [-0.3, -0.25) is 9.69 Å². The molecule has 0 heterocycles. The number of benzene rings is 2. The summed E-state index contributed by atoms with van der Waals surface area (Å²) in [6.07, 6.45) is 4.50. The summed E-state index contributed by atoms with van der Waals surface area (Å²) in [7, 11) is 0. The summed E-state index contributed by atoms with van der Waals surface area (Å²) in [5.74, 6) is -0.602. The summed E-state index contributed by atoms with van der Waals surface area (Å²) >= 11 is 0. The van der Waals surface area contributed by atoms with E-state index >= 15 is 0 Å². The molecule has 0 bridgehead atoms. The standard InChI is InChI=1S/C22H24FNO3/c23-19-13-11-18(12-14-19)21(25)15-24(20-9-5-2-6-10-20)22(26)27-16-17-7-3-1-4-8-17/h1,3-4,7-8,11-14,20H,2,5-6,9-10,15-16H2. The van der Waals surface area contributed by atoms with Gasteiger partial charge in [0.2, 0.25) is 0 Å². The highest BCUT2D eigenvalue weighted by atomic mass is 19.1. The average molecular weight is 369 g/mol. The molecule has 27 heavy (non-hydrogen) atoms. The first-order valence-corrected chi connectivity index (χ1v) is 9.39. The molecular weight excluding hydrogens is 345 g/mol. The molecule has 0 saturated heterocycles. The Kier molecular flexibility index (Phi) is 6.58. The largest absolute Gasteiger partial charge is 0.445 e. The summed E-state index contributed by atoms with van der Waals surface area (Å²) in [5, 5.41) is 0. The molecule has 1 saturated carbocycles. The summed E-state index contributed by atoms with van der Waals surface area (Å²) in [6, 6.07) is 14.9. The topological polar surface area (TPSA) is 46.6 Å². The third kappa shape index (κ3) is 5.39. The van der Waals surface area contributed by atoms with Gasteiger partial charge in [0.05, 0.1) is 6.54 Å². The van der Waals surface area contributed by atoms with Crippen LogP contribution in [0.1, 0.15) is 48.0 Å². The van der Waals surface area contributed by atoms with Crippen LogP contribution in [0.5, 0.6) is 0 Å². The number of ether oxygens (including phenoxy) is 1. The highest BCUT2D eigenvalue weighted by Crippen LogP contribution is 2.24. The molecule has 0 atom stereocenters. The molecule has 3 rings (SSSR count). The Hall–Kier alpha value is -2.69. The van der Waals surface area contributed by atoms with E-state index in [2.05, 4.69) is 0 Å². The van der Waals surface area contributed by atoms with Crippen LogP contribution in [0.15, 0.2) is 54.6 Å². The third-order valence-electron chi connectivity index (χ3n) is 4.94. The van der Waals surface area contributed by atoms with E-state index in [9.17, 15) is 14.0 Å². The van der Waals surface area contributed by atoms with Crippen LogP contribution in [0, 0.1) is 5.82 Å². The lowest BCUT2D eigenvalue weighted by molar-refractivity contribution is 0.0638. The number of halogens is 1. The SMILES string of the molecule is O=C(CN(C(=O)OCc1ccccc1)C1CCCCC1)c1ccc(F)cc1. The second kappa shape index (κ2) is 9.31. The van der Waals surface area contributed by atoms with Crippen LogP contribution < -0.4 is 0 Å². The van der Waals surface area contributed by atoms with Crippen LogP contribution in [0.3, 0.4) is 0 Å². The molecule has 0 N–H and O–H groups in total. The number of Topliss-reactive ketones (excluding diaryl/α,β-unsaturated/α-hetero) is 1. The van der Waals surface area contributed by atoms with Gasteiger partial charge in [0, 0.05) is 11.6 Å². The molecule has 0 aromatic heterocycles. The molecule has 1 aliphatic carbocycles. The maximum absolute atomic E-state index is 13.1. The Morgan fingerprint density at radius 3 is 2.30 bits per heavy atom. The van der Waals surface area contributed by atoms with Crippen LogP contribution >= 0.6 is 0 Å². The molecule has 4 nitrogen and oxygen atoms in total. The van der Waals surface area contributed by atoms with Crippen molar-refractivity contribution >= 4 is 11.9 Å². The van der Waals surface area contributed by atoms with Crippen molar-refractivity contribution in [3.05, 3.63) is 71.5 Å². The molecule has 0 unspecified atom stereocenters. The first kappa shape index (κ1) is 19.1. The number of nitrogens with zero attached hydrogens (tertiary/aromatic N) is 1. The summed E-state index contributed by atoms with van der Waals surface area (Å²) < 4.78 is 18.6. The quantitative estimate of drug-likeness (QED) is 0.675. The highest BCUT2D eigenvalue weighted by Gasteiger charge is 2.28. The Bertz CT molecular complexity index is 755. The fourth-order valence-corrected chi connectivity index (χ4v) is 3.42. The second-order valence-electron chi connectivity index (χ2n) is 6.89. The second-order valence-corrected chi connectivity index (χ2v) is 6.89. The van der Waals surface area contributed by atoms with E-state index in [1.54, 1.807) is 4.90 Å². The first-order valence-electron chi connectivity index (χ1n) is 9.39. The molecule has 2 aromatic rings. The van der Waals surface area contributed by atoms with Gasteiger partial charge in [-0.2, -0.15) is 0 Å². The van der Waals surface area contributed by atoms with Crippen molar-refractivity contribution in [1.29, 1.82) is 0 Å². The molecule has 142 valence electrons. The van der Waals surface area contributed by atoms with E-state index < -0.39 is 11.9 Å². The van der Waals surface area contributed by atoms with Gasteiger partial charge in [0.1, 0.15) is 12.4 Å². The third-order valence-corrected chi connectivity index (χ3v) is 4.94. The maximum atomic E-state index is 13.1. The van der Waals surface area contributed by atoms with Gasteiger partial charge < -0.3 is 4.74 Å². The van der Waals surface area contributed by atoms with Gasteiger partial charge in [0.15, 0.2) is 5.78 Å². The zero-order chi connectivity index (χ0) is 19.1. The van der Waals surface area contributed by atoms with E-state index in [-0.39, 0.29) is 25.0 Å². The number of carbonyl (C=O) groups excluding carboxylic acids is 2. The minimum absolute atomic E-state index is 0.00595.